The third kappa shape index (κ3) is 4.38. The number of amides is 1. The predicted molar refractivity (Wildman–Crippen MR) is 88.1 cm³/mol. The van der Waals surface area contributed by atoms with Crippen LogP contribution in [0, 0.1) is 11.8 Å². The molecule has 2 atom stereocenters. The zero-order valence-corrected chi connectivity index (χ0v) is 13.8. The van der Waals surface area contributed by atoms with E-state index in [-0.39, 0.29) is 12.5 Å². The van der Waals surface area contributed by atoms with E-state index in [1.54, 1.807) is 17.8 Å². The molecule has 2 unspecified atom stereocenters. The van der Waals surface area contributed by atoms with Gasteiger partial charge in [0.25, 0.3) is 5.91 Å². The van der Waals surface area contributed by atoms with Gasteiger partial charge in [0, 0.05) is 18.0 Å². The first-order chi connectivity index (χ1) is 10.2. The second kappa shape index (κ2) is 8.06. The molecule has 2 rings (SSSR count). The molecule has 1 amide bonds. The van der Waals surface area contributed by atoms with Gasteiger partial charge in [-0.15, -0.1) is 11.8 Å². The van der Waals surface area contributed by atoms with Crippen LogP contribution in [0.5, 0.6) is 0 Å². The molecule has 0 spiro atoms. The molecule has 116 valence electrons. The number of aliphatic hydroxyl groups is 1. The number of hydrogen-bond donors (Lipinski definition) is 2. The third-order valence-electron chi connectivity index (χ3n) is 4.24. The molecule has 2 N–H and O–H groups in total. The molecule has 1 fully saturated rings. The summed E-state index contributed by atoms with van der Waals surface area (Å²) in [7, 11) is 0. The molecule has 1 aliphatic rings. The standard InChI is InChI=1S/C16H22ClNO2S/c1-21-13-6-7-15(17)14(8-13)16(20)18-9-11-4-2-3-5-12(11)10-19/h6-8,11-12,19H,2-5,9-10H2,1H3,(H,18,20). The Morgan fingerprint density at radius 2 is 2.10 bits per heavy atom. The topological polar surface area (TPSA) is 49.3 Å². The minimum absolute atomic E-state index is 0.127. The first-order valence-corrected chi connectivity index (χ1v) is 8.98. The summed E-state index contributed by atoms with van der Waals surface area (Å²) in [5.74, 6) is 0.556. The van der Waals surface area contributed by atoms with Gasteiger partial charge in [-0.3, -0.25) is 4.79 Å². The molecule has 1 aromatic carbocycles. The van der Waals surface area contributed by atoms with Gasteiger partial charge in [0.15, 0.2) is 0 Å². The number of thioether (sulfide) groups is 1. The Kier molecular flexibility index (Phi) is 6.40. The van der Waals surface area contributed by atoms with Crippen molar-refractivity contribution in [1.82, 2.24) is 5.32 Å². The quantitative estimate of drug-likeness (QED) is 0.812. The summed E-state index contributed by atoms with van der Waals surface area (Å²) in [5.41, 5.74) is 0.528. The van der Waals surface area contributed by atoms with E-state index in [1.807, 2.05) is 18.4 Å². The molecular weight excluding hydrogens is 306 g/mol. The molecule has 5 heteroatoms. The van der Waals surface area contributed by atoms with Crippen molar-refractivity contribution in [3.05, 3.63) is 28.8 Å². The second-order valence-corrected chi connectivity index (χ2v) is 6.83. The van der Waals surface area contributed by atoms with Gasteiger partial charge in [0.2, 0.25) is 0 Å². The van der Waals surface area contributed by atoms with Gasteiger partial charge in [-0.05, 0) is 49.1 Å². The monoisotopic (exact) mass is 327 g/mol. The van der Waals surface area contributed by atoms with Gasteiger partial charge >= 0.3 is 0 Å². The summed E-state index contributed by atoms with van der Waals surface area (Å²) < 4.78 is 0. The van der Waals surface area contributed by atoms with Gasteiger partial charge in [-0.25, -0.2) is 0 Å². The molecule has 0 saturated heterocycles. The molecule has 3 nitrogen and oxygen atoms in total. The lowest BCUT2D eigenvalue weighted by Crippen LogP contribution is -2.35. The molecule has 0 heterocycles. The molecule has 1 saturated carbocycles. The van der Waals surface area contributed by atoms with E-state index in [2.05, 4.69) is 5.32 Å². The van der Waals surface area contributed by atoms with Crippen LogP contribution in [0.1, 0.15) is 36.0 Å². The van der Waals surface area contributed by atoms with Crippen LogP contribution >= 0.6 is 23.4 Å². The average molecular weight is 328 g/mol. The fourth-order valence-electron chi connectivity index (χ4n) is 2.92. The van der Waals surface area contributed by atoms with Crippen LogP contribution in [0.3, 0.4) is 0 Å². The van der Waals surface area contributed by atoms with Crippen LogP contribution in [-0.4, -0.2) is 30.4 Å². The van der Waals surface area contributed by atoms with E-state index in [0.29, 0.717) is 29.0 Å². The molecule has 0 radical (unpaired) electrons. The SMILES string of the molecule is CSc1ccc(Cl)c(C(=O)NCC2CCCCC2CO)c1. The van der Waals surface area contributed by atoms with Crippen LogP contribution in [0.25, 0.3) is 0 Å². The normalized spacial score (nSPS) is 22.0. The van der Waals surface area contributed by atoms with Crippen LogP contribution in [-0.2, 0) is 0 Å². The summed E-state index contributed by atoms with van der Waals surface area (Å²) in [6, 6.07) is 5.50. The highest BCUT2D eigenvalue weighted by Crippen LogP contribution is 2.29. The lowest BCUT2D eigenvalue weighted by molar-refractivity contribution is 0.0909. The maximum absolute atomic E-state index is 12.3. The van der Waals surface area contributed by atoms with Crippen LogP contribution < -0.4 is 5.32 Å². The highest BCUT2D eigenvalue weighted by molar-refractivity contribution is 7.98. The minimum Gasteiger partial charge on any atom is -0.396 e. The van der Waals surface area contributed by atoms with Crippen molar-refractivity contribution in [2.45, 2.75) is 30.6 Å². The number of hydrogen-bond acceptors (Lipinski definition) is 3. The van der Waals surface area contributed by atoms with Crippen molar-refractivity contribution in [3.8, 4) is 0 Å². The van der Waals surface area contributed by atoms with Crippen LogP contribution in [0.4, 0.5) is 0 Å². The smallest absolute Gasteiger partial charge is 0.252 e. The fraction of sp³-hybridized carbons (Fsp3) is 0.562. The van der Waals surface area contributed by atoms with Crippen molar-refractivity contribution in [2.75, 3.05) is 19.4 Å². The zero-order valence-electron chi connectivity index (χ0n) is 12.3. The number of carbonyl (C=O) groups excluding carboxylic acids is 1. The van der Waals surface area contributed by atoms with Gasteiger partial charge in [-0.2, -0.15) is 0 Å². The van der Waals surface area contributed by atoms with Gasteiger partial charge in [-0.1, -0.05) is 24.4 Å². The van der Waals surface area contributed by atoms with E-state index in [1.165, 1.54) is 12.8 Å². The second-order valence-electron chi connectivity index (χ2n) is 5.54. The van der Waals surface area contributed by atoms with E-state index < -0.39 is 0 Å². The van der Waals surface area contributed by atoms with Gasteiger partial charge in [0.1, 0.15) is 0 Å². The molecule has 0 aromatic heterocycles. The summed E-state index contributed by atoms with van der Waals surface area (Å²) >= 11 is 7.70. The lowest BCUT2D eigenvalue weighted by Gasteiger charge is -2.30. The molecule has 21 heavy (non-hydrogen) atoms. The van der Waals surface area contributed by atoms with E-state index in [0.717, 1.165) is 17.7 Å². The van der Waals surface area contributed by atoms with Crippen molar-refractivity contribution in [2.24, 2.45) is 11.8 Å². The Morgan fingerprint density at radius 3 is 2.76 bits per heavy atom. The minimum atomic E-state index is -0.127. The maximum Gasteiger partial charge on any atom is 0.252 e. The number of aliphatic hydroxyl groups excluding tert-OH is 1. The van der Waals surface area contributed by atoms with Gasteiger partial charge in [0.05, 0.1) is 10.6 Å². The number of nitrogens with one attached hydrogen (secondary N) is 1. The van der Waals surface area contributed by atoms with Crippen molar-refractivity contribution in [3.63, 3.8) is 0 Å². The average Bonchev–Trinajstić information content (AvgIpc) is 2.53. The van der Waals surface area contributed by atoms with Crippen molar-refractivity contribution >= 4 is 29.3 Å². The van der Waals surface area contributed by atoms with E-state index in [4.69, 9.17) is 11.6 Å². The molecule has 1 aromatic rings. The predicted octanol–water partition coefficient (Wildman–Crippen LogP) is 3.59. The highest BCUT2D eigenvalue weighted by Gasteiger charge is 2.25. The lowest BCUT2D eigenvalue weighted by atomic mass is 9.79. The Labute approximate surface area is 135 Å². The molecule has 0 aliphatic heterocycles. The Bertz CT molecular complexity index is 495. The summed E-state index contributed by atoms with van der Waals surface area (Å²) in [6.45, 7) is 0.827. The molecular formula is C16H22ClNO2S. The van der Waals surface area contributed by atoms with Gasteiger partial charge < -0.3 is 10.4 Å². The zero-order chi connectivity index (χ0) is 15.2. The third-order valence-corrected chi connectivity index (χ3v) is 5.30. The Balaban J connectivity index is 1.98. The summed E-state index contributed by atoms with van der Waals surface area (Å²) in [4.78, 5) is 13.3. The van der Waals surface area contributed by atoms with E-state index in [9.17, 15) is 9.90 Å². The number of rotatable bonds is 5. The first kappa shape index (κ1) is 16.7. The Hall–Kier alpha value is -0.710. The maximum atomic E-state index is 12.3. The number of carbonyl (C=O) groups is 1. The first-order valence-electron chi connectivity index (χ1n) is 7.38. The molecule has 0 bridgehead atoms. The van der Waals surface area contributed by atoms with E-state index >= 15 is 0 Å². The fourth-order valence-corrected chi connectivity index (χ4v) is 3.56. The Morgan fingerprint density at radius 1 is 1.38 bits per heavy atom. The number of benzene rings is 1. The number of halogens is 1. The van der Waals surface area contributed by atoms with Crippen molar-refractivity contribution < 1.29 is 9.90 Å². The summed E-state index contributed by atoms with van der Waals surface area (Å²) in [5, 5.41) is 12.9. The van der Waals surface area contributed by atoms with Crippen LogP contribution in [0.2, 0.25) is 5.02 Å². The van der Waals surface area contributed by atoms with Crippen LogP contribution in [0.15, 0.2) is 23.1 Å². The van der Waals surface area contributed by atoms with Crippen molar-refractivity contribution in [1.29, 1.82) is 0 Å². The molecule has 1 aliphatic carbocycles. The largest absolute Gasteiger partial charge is 0.396 e. The highest BCUT2D eigenvalue weighted by atomic mass is 35.5. The summed E-state index contributed by atoms with van der Waals surface area (Å²) in [6.07, 6.45) is 6.46.